The van der Waals surface area contributed by atoms with E-state index in [0.717, 1.165) is 0 Å². The number of hydrogen-bond donors (Lipinski definition) is 4. The zero-order valence-electron chi connectivity index (χ0n) is 18.3. The molecular weight excluding hydrogens is 440 g/mol. The van der Waals surface area contributed by atoms with Crippen LogP contribution in [0.3, 0.4) is 0 Å². The molecule has 0 spiro atoms. The average molecular weight is 468 g/mol. The van der Waals surface area contributed by atoms with Crippen molar-refractivity contribution < 1.29 is 48.4 Å². The first kappa shape index (κ1) is 27.4. The zero-order chi connectivity index (χ0) is 24.8. The van der Waals surface area contributed by atoms with Gasteiger partial charge in [-0.1, -0.05) is 30.3 Å². The number of esters is 2. The third kappa shape index (κ3) is 9.56. The molecule has 0 aliphatic carbocycles. The maximum absolute atomic E-state index is 12.5. The van der Waals surface area contributed by atoms with Crippen molar-refractivity contribution in [3.05, 3.63) is 35.9 Å². The molecule has 0 fully saturated rings. The van der Waals surface area contributed by atoms with E-state index in [-0.39, 0.29) is 19.8 Å². The van der Waals surface area contributed by atoms with Crippen LogP contribution in [0.5, 0.6) is 0 Å². The van der Waals surface area contributed by atoms with Crippen molar-refractivity contribution in [2.24, 2.45) is 5.92 Å². The summed E-state index contributed by atoms with van der Waals surface area (Å²) in [7, 11) is 0. The molecule has 3 atom stereocenters. The van der Waals surface area contributed by atoms with E-state index in [1.807, 2.05) is 0 Å². The number of nitrogens with one attached hydrogen (secondary N) is 2. The molecule has 0 saturated carbocycles. The van der Waals surface area contributed by atoms with Gasteiger partial charge >= 0.3 is 24.0 Å². The van der Waals surface area contributed by atoms with Crippen LogP contribution in [0.15, 0.2) is 30.3 Å². The Morgan fingerprint density at radius 3 is 2.12 bits per heavy atom. The first-order valence-electron chi connectivity index (χ1n) is 10.2. The van der Waals surface area contributed by atoms with Gasteiger partial charge in [-0.25, -0.2) is 9.59 Å². The topological polar surface area (TPSA) is 178 Å². The van der Waals surface area contributed by atoms with E-state index in [1.54, 1.807) is 30.3 Å². The van der Waals surface area contributed by atoms with Crippen LogP contribution in [-0.4, -0.2) is 72.0 Å². The van der Waals surface area contributed by atoms with E-state index < -0.39 is 60.9 Å². The molecule has 1 aromatic rings. The standard InChI is InChI=1S/C21H28N2O10/c1-3-31-16(25)10-14(20(29)32-4-2)17(19(27)28)23-18(26)15(11-24)22-21(30)33-12-13-8-6-5-7-9-13/h5-9,14-15,17,24H,3-4,10-12H2,1-2H3,(H,22,30)(H,23,26)(H,27,28)/t14-,15+,17-/m1/s1. The molecule has 4 N–H and O–H groups in total. The van der Waals surface area contributed by atoms with Gasteiger partial charge in [-0.15, -0.1) is 0 Å². The maximum atomic E-state index is 12.5. The number of carboxylic acid groups (broad SMARTS) is 1. The minimum absolute atomic E-state index is 0.0000748. The molecule has 0 aliphatic rings. The number of aliphatic hydroxyl groups is 1. The van der Waals surface area contributed by atoms with Crippen molar-refractivity contribution >= 4 is 29.9 Å². The lowest BCUT2D eigenvalue weighted by atomic mass is 9.95. The largest absolute Gasteiger partial charge is 0.480 e. The Morgan fingerprint density at radius 1 is 0.939 bits per heavy atom. The van der Waals surface area contributed by atoms with E-state index in [0.29, 0.717) is 5.56 Å². The molecule has 0 radical (unpaired) electrons. The second-order valence-corrected chi connectivity index (χ2v) is 6.63. The first-order chi connectivity index (χ1) is 15.7. The lowest BCUT2D eigenvalue weighted by Gasteiger charge is -2.25. The molecule has 0 aromatic heterocycles. The van der Waals surface area contributed by atoms with Gasteiger partial charge in [0, 0.05) is 0 Å². The predicted octanol–water partition coefficient (Wildman–Crippen LogP) is -0.0244. The second-order valence-electron chi connectivity index (χ2n) is 6.63. The van der Waals surface area contributed by atoms with Crippen molar-refractivity contribution in [3.8, 4) is 0 Å². The number of rotatable bonds is 13. The predicted molar refractivity (Wildman–Crippen MR) is 112 cm³/mol. The van der Waals surface area contributed by atoms with E-state index in [9.17, 15) is 34.2 Å². The lowest BCUT2D eigenvalue weighted by molar-refractivity contribution is -0.160. The number of ether oxygens (including phenoxy) is 3. The Labute approximate surface area is 190 Å². The van der Waals surface area contributed by atoms with E-state index in [4.69, 9.17) is 14.2 Å². The Morgan fingerprint density at radius 2 is 1.58 bits per heavy atom. The van der Waals surface area contributed by atoms with Crippen molar-refractivity contribution in [1.29, 1.82) is 0 Å². The Bertz CT molecular complexity index is 815. The van der Waals surface area contributed by atoms with E-state index in [1.165, 1.54) is 13.8 Å². The molecule has 0 aliphatic heterocycles. The molecular formula is C21H28N2O10. The normalized spacial score (nSPS) is 13.1. The van der Waals surface area contributed by atoms with Crippen LogP contribution in [0.25, 0.3) is 0 Å². The van der Waals surface area contributed by atoms with Gasteiger partial charge in [0.15, 0.2) is 0 Å². The van der Waals surface area contributed by atoms with Crippen LogP contribution in [0.2, 0.25) is 0 Å². The van der Waals surface area contributed by atoms with Gasteiger partial charge in [0.05, 0.1) is 32.2 Å². The number of amides is 2. The Hall–Kier alpha value is -3.67. The highest BCUT2D eigenvalue weighted by atomic mass is 16.6. The van der Waals surface area contributed by atoms with Gasteiger partial charge in [0.1, 0.15) is 18.7 Å². The van der Waals surface area contributed by atoms with Gasteiger partial charge in [0.25, 0.3) is 0 Å². The monoisotopic (exact) mass is 468 g/mol. The quantitative estimate of drug-likeness (QED) is 0.227. The van der Waals surface area contributed by atoms with Gasteiger partial charge in [-0.05, 0) is 19.4 Å². The van der Waals surface area contributed by atoms with Crippen LogP contribution in [0.4, 0.5) is 4.79 Å². The van der Waals surface area contributed by atoms with Crippen LogP contribution >= 0.6 is 0 Å². The van der Waals surface area contributed by atoms with Crippen LogP contribution < -0.4 is 10.6 Å². The van der Waals surface area contributed by atoms with Crippen molar-refractivity contribution in [2.75, 3.05) is 19.8 Å². The molecule has 182 valence electrons. The Balaban J connectivity index is 2.86. The molecule has 12 nitrogen and oxygen atoms in total. The molecule has 1 rings (SSSR count). The molecule has 0 heterocycles. The van der Waals surface area contributed by atoms with Crippen molar-refractivity contribution in [2.45, 2.75) is 39.0 Å². The number of aliphatic hydroxyl groups excluding tert-OH is 1. The fourth-order valence-electron chi connectivity index (χ4n) is 2.68. The van der Waals surface area contributed by atoms with Gasteiger partial charge in [-0.2, -0.15) is 0 Å². The van der Waals surface area contributed by atoms with Gasteiger partial charge in [0.2, 0.25) is 5.91 Å². The zero-order valence-corrected chi connectivity index (χ0v) is 18.3. The number of alkyl carbamates (subject to hydrolysis) is 1. The average Bonchev–Trinajstić information content (AvgIpc) is 2.79. The number of aliphatic carboxylic acids is 1. The number of hydrogen-bond acceptors (Lipinski definition) is 9. The van der Waals surface area contributed by atoms with Crippen LogP contribution in [-0.2, 0) is 40.0 Å². The maximum Gasteiger partial charge on any atom is 0.408 e. The highest BCUT2D eigenvalue weighted by Gasteiger charge is 2.39. The summed E-state index contributed by atoms with van der Waals surface area (Å²) in [5.41, 5.74) is 0.680. The first-order valence-corrected chi connectivity index (χ1v) is 10.2. The summed E-state index contributed by atoms with van der Waals surface area (Å²) in [6, 6.07) is 5.20. The third-order valence-electron chi connectivity index (χ3n) is 4.25. The number of benzene rings is 1. The fourth-order valence-corrected chi connectivity index (χ4v) is 2.68. The number of carbonyl (C=O) groups is 5. The van der Waals surface area contributed by atoms with Gasteiger partial charge in [-0.3, -0.25) is 14.4 Å². The SMILES string of the molecule is CCOC(=O)C[C@@H](C(=O)OCC)[C@@H](NC(=O)[C@H](CO)NC(=O)OCc1ccccc1)C(=O)O. The summed E-state index contributed by atoms with van der Waals surface area (Å²) >= 11 is 0. The molecule has 1 aromatic carbocycles. The number of carbonyl (C=O) groups excluding carboxylic acids is 4. The number of carboxylic acids is 1. The van der Waals surface area contributed by atoms with E-state index in [2.05, 4.69) is 10.6 Å². The highest BCUT2D eigenvalue weighted by molar-refractivity contribution is 5.93. The summed E-state index contributed by atoms with van der Waals surface area (Å²) in [5.74, 6) is -6.24. The van der Waals surface area contributed by atoms with E-state index >= 15 is 0 Å². The minimum atomic E-state index is -1.89. The summed E-state index contributed by atoms with van der Waals surface area (Å²) in [4.78, 5) is 60.4. The van der Waals surface area contributed by atoms with Crippen LogP contribution in [0, 0.1) is 5.92 Å². The molecule has 0 saturated heterocycles. The van der Waals surface area contributed by atoms with Gasteiger partial charge < -0.3 is 35.1 Å². The lowest BCUT2D eigenvalue weighted by Crippen LogP contribution is -2.56. The van der Waals surface area contributed by atoms with Crippen LogP contribution in [0.1, 0.15) is 25.8 Å². The minimum Gasteiger partial charge on any atom is -0.480 e. The molecule has 33 heavy (non-hydrogen) atoms. The van der Waals surface area contributed by atoms with Crippen molar-refractivity contribution in [1.82, 2.24) is 10.6 Å². The molecule has 0 bridgehead atoms. The third-order valence-corrected chi connectivity index (χ3v) is 4.25. The summed E-state index contributed by atoms with van der Waals surface area (Å²) < 4.78 is 14.5. The molecule has 2 amide bonds. The smallest absolute Gasteiger partial charge is 0.408 e. The summed E-state index contributed by atoms with van der Waals surface area (Å²) in [6.45, 7) is 1.93. The fraction of sp³-hybridized carbons (Fsp3) is 0.476. The molecule has 0 unspecified atom stereocenters. The highest BCUT2D eigenvalue weighted by Crippen LogP contribution is 2.14. The van der Waals surface area contributed by atoms with Crippen molar-refractivity contribution in [3.63, 3.8) is 0 Å². The summed E-state index contributed by atoms with van der Waals surface area (Å²) in [5, 5.41) is 23.2. The molecule has 12 heteroatoms. The summed E-state index contributed by atoms with van der Waals surface area (Å²) in [6.07, 6.45) is -1.70. The second kappa shape index (κ2) is 14.4. The Kier molecular flexibility index (Phi) is 11.9.